The number of hydrogen-bond donors (Lipinski definition) is 2. The van der Waals surface area contributed by atoms with Crippen LogP contribution in [0.1, 0.15) is 32.6 Å². The van der Waals surface area contributed by atoms with Crippen LogP contribution in [0.3, 0.4) is 0 Å². The molecule has 0 radical (unpaired) electrons. The second-order valence-corrected chi connectivity index (χ2v) is 5.19. The van der Waals surface area contributed by atoms with Crippen molar-refractivity contribution in [2.45, 2.75) is 38.6 Å². The second-order valence-electron chi connectivity index (χ2n) is 5.19. The van der Waals surface area contributed by atoms with Gasteiger partial charge in [0.05, 0.1) is 11.5 Å². The average molecular weight is 241 g/mol. The monoisotopic (exact) mass is 241 g/mol. The molecule has 0 aliphatic heterocycles. The van der Waals surface area contributed by atoms with Gasteiger partial charge in [0.1, 0.15) is 0 Å². The summed E-state index contributed by atoms with van der Waals surface area (Å²) in [5.74, 6) is -0.0807. The molecule has 1 atom stereocenters. The average Bonchev–Trinajstić information content (AvgIpc) is 2.74. The molecule has 1 aliphatic rings. The first kappa shape index (κ1) is 14.0. The third-order valence-corrected chi connectivity index (χ3v) is 3.44. The molecule has 5 heteroatoms. The minimum absolute atomic E-state index is 0.111. The lowest BCUT2D eigenvalue weighted by molar-refractivity contribution is -0.139. The van der Waals surface area contributed by atoms with Crippen LogP contribution in [0, 0.1) is 5.41 Å². The summed E-state index contributed by atoms with van der Waals surface area (Å²) in [4.78, 5) is 25.3. The number of rotatable bonds is 4. The van der Waals surface area contributed by atoms with Crippen LogP contribution in [-0.2, 0) is 9.59 Å². The van der Waals surface area contributed by atoms with Crippen LogP contribution in [-0.4, -0.2) is 43.4 Å². The SMILES string of the molecule is C[C@H](N)C(=O)NCC1(C(=O)N(C)C)CCCC1. The van der Waals surface area contributed by atoms with Gasteiger partial charge < -0.3 is 16.0 Å². The smallest absolute Gasteiger partial charge is 0.236 e. The van der Waals surface area contributed by atoms with E-state index in [1.807, 2.05) is 0 Å². The van der Waals surface area contributed by atoms with Gasteiger partial charge in [0.2, 0.25) is 11.8 Å². The van der Waals surface area contributed by atoms with E-state index in [-0.39, 0.29) is 11.8 Å². The van der Waals surface area contributed by atoms with E-state index in [1.54, 1.807) is 25.9 Å². The van der Waals surface area contributed by atoms with Gasteiger partial charge in [0, 0.05) is 20.6 Å². The molecule has 1 saturated carbocycles. The van der Waals surface area contributed by atoms with Crippen LogP contribution in [0.4, 0.5) is 0 Å². The minimum atomic E-state index is -0.525. The Morgan fingerprint density at radius 2 is 1.88 bits per heavy atom. The molecule has 0 bridgehead atoms. The van der Waals surface area contributed by atoms with E-state index in [9.17, 15) is 9.59 Å². The molecule has 0 aromatic carbocycles. The molecule has 0 saturated heterocycles. The van der Waals surface area contributed by atoms with Gasteiger partial charge in [-0.25, -0.2) is 0 Å². The topological polar surface area (TPSA) is 75.4 Å². The summed E-state index contributed by atoms with van der Waals surface area (Å²) in [5, 5.41) is 2.79. The molecule has 0 aromatic rings. The predicted molar refractivity (Wildman–Crippen MR) is 66.3 cm³/mol. The largest absolute Gasteiger partial charge is 0.354 e. The van der Waals surface area contributed by atoms with Crippen molar-refractivity contribution in [1.82, 2.24) is 10.2 Å². The van der Waals surface area contributed by atoms with E-state index in [4.69, 9.17) is 5.73 Å². The van der Waals surface area contributed by atoms with Gasteiger partial charge in [-0.1, -0.05) is 12.8 Å². The summed E-state index contributed by atoms with van der Waals surface area (Å²) < 4.78 is 0. The lowest BCUT2D eigenvalue weighted by Gasteiger charge is -2.31. The van der Waals surface area contributed by atoms with Crippen molar-refractivity contribution in [3.63, 3.8) is 0 Å². The Morgan fingerprint density at radius 1 is 1.35 bits per heavy atom. The molecule has 0 unspecified atom stereocenters. The highest BCUT2D eigenvalue weighted by Crippen LogP contribution is 2.38. The highest BCUT2D eigenvalue weighted by Gasteiger charge is 2.42. The summed E-state index contributed by atoms with van der Waals surface area (Å²) in [5.41, 5.74) is 5.08. The van der Waals surface area contributed by atoms with Gasteiger partial charge in [0.25, 0.3) is 0 Å². The number of nitrogens with one attached hydrogen (secondary N) is 1. The van der Waals surface area contributed by atoms with Gasteiger partial charge in [-0.05, 0) is 19.8 Å². The van der Waals surface area contributed by atoms with Crippen LogP contribution >= 0.6 is 0 Å². The summed E-state index contributed by atoms with van der Waals surface area (Å²) in [6.45, 7) is 2.05. The molecule has 3 N–H and O–H groups in total. The molecule has 5 nitrogen and oxygen atoms in total. The summed E-state index contributed by atoms with van der Waals surface area (Å²) in [6.07, 6.45) is 3.80. The van der Waals surface area contributed by atoms with Gasteiger partial charge in [-0.2, -0.15) is 0 Å². The molecule has 1 aliphatic carbocycles. The Morgan fingerprint density at radius 3 is 2.29 bits per heavy atom. The summed E-state index contributed by atoms with van der Waals surface area (Å²) in [6, 6.07) is -0.525. The fraction of sp³-hybridized carbons (Fsp3) is 0.833. The molecule has 17 heavy (non-hydrogen) atoms. The fourth-order valence-electron chi connectivity index (χ4n) is 2.41. The van der Waals surface area contributed by atoms with E-state index < -0.39 is 11.5 Å². The normalized spacial score (nSPS) is 19.8. The maximum atomic E-state index is 12.2. The highest BCUT2D eigenvalue weighted by molar-refractivity contribution is 5.85. The molecule has 1 rings (SSSR count). The maximum Gasteiger partial charge on any atom is 0.236 e. The van der Waals surface area contributed by atoms with Crippen molar-refractivity contribution in [3.8, 4) is 0 Å². The van der Waals surface area contributed by atoms with E-state index in [0.29, 0.717) is 6.54 Å². The van der Waals surface area contributed by atoms with E-state index >= 15 is 0 Å². The Balaban J connectivity index is 2.66. The van der Waals surface area contributed by atoms with Gasteiger partial charge in [-0.15, -0.1) is 0 Å². The highest BCUT2D eigenvalue weighted by atomic mass is 16.2. The zero-order chi connectivity index (χ0) is 13.1. The Bertz CT molecular complexity index is 294. The van der Waals surface area contributed by atoms with Crippen LogP contribution in [0.2, 0.25) is 0 Å². The number of carbonyl (C=O) groups is 2. The van der Waals surface area contributed by atoms with Crippen molar-refractivity contribution in [2.24, 2.45) is 11.1 Å². The molecule has 0 aromatic heterocycles. The summed E-state index contributed by atoms with van der Waals surface area (Å²) in [7, 11) is 3.52. The van der Waals surface area contributed by atoms with Crippen molar-refractivity contribution < 1.29 is 9.59 Å². The zero-order valence-corrected chi connectivity index (χ0v) is 11.0. The quantitative estimate of drug-likeness (QED) is 0.733. The first-order chi connectivity index (χ1) is 7.89. The maximum absolute atomic E-state index is 12.2. The van der Waals surface area contributed by atoms with E-state index in [2.05, 4.69) is 5.32 Å². The van der Waals surface area contributed by atoms with Gasteiger partial charge in [0.15, 0.2) is 0 Å². The number of carbonyl (C=O) groups excluding carboxylic acids is 2. The van der Waals surface area contributed by atoms with E-state index in [0.717, 1.165) is 25.7 Å². The standard InChI is InChI=1S/C12H23N3O2/c1-9(13)10(16)14-8-12(6-4-5-7-12)11(17)15(2)3/h9H,4-8,13H2,1-3H3,(H,14,16)/t9-/m0/s1. The predicted octanol–water partition coefficient (Wildman–Crippen LogP) is 0.0984. The van der Waals surface area contributed by atoms with Crippen molar-refractivity contribution in [2.75, 3.05) is 20.6 Å². The Hall–Kier alpha value is -1.10. The van der Waals surface area contributed by atoms with Crippen LogP contribution in [0.25, 0.3) is 0 Å². The number of amides is 2. The van der Waals surface area contributed by atoms with Crippen LogP contribution in [0.5, 0.6) is 0 Å². The lowest BCUT2D eigenvalue weighted by atomic mass is 9.84. The summed E-state index contributed by atoms with van der Waals surface area (Å²) >= 11 is 0. The Labute approximate surface area is 103 Å². The number of hydrogen-bond acceptors (Lipinski definition) is 3. The molecule has 2 amide bonds. The molecule has 0 spiro atoms. The molecule has 98 valence electrons. The van der Waals surface area contributed by atoms with Crippen molar-refractivity contribution in [3.05, 3.63) is 0 Å². The zero-order valence-electron chi connectivity index (χ0n) is 11.0. The first-order valence-corrected chi connectivity index (χ1v) is 6.14. The number of nitrogens with two attached hydrogens (primary N) is 1. The van der Waals surface area contributed by atoms with Crippen molar-refractivity contribution in [1.29, 1.82) is 0 Å². The molecule has 0 heterocycles. The van der Waals surface area contributed by atoms with Crippen LogP contribution in [0.15, 0.2) is 0 Å². The third kappa shape index (κ3) is 3.19. The lowest BCUT2D eigenvalue weighted by Crippen LogP contribution is -2.49. The second kappa shape index (κ2) is 5.49. The molecular formula is C12H23N3O2. The van der Waals surface area contributed by atoms with Crippen LogP contribution < -0.4 is 11.1 Å². The number of nitrogens with zero attached hydrogens (tertiary/aromatic N) is 1. The van der Waals surface area contributed by atoms with E-state index in [1.165, 1.54) is 0 Å². The molecular weight excluding hydrogens is 218 g/mol. The first-order valence-electron chi connectivity index (χ1n) is 6.14. The third-order valence-electron chi connectivity index (χ3n) is 3.44. The van der Waals surface area contributed by atoms with Gasteiger partial charge >= 0.3 is 0 Å². The van der Waals surface area contributed by atoms with Gasteiger partial charge in [-0.3, -0.25) is 9.59 Å². The fourth-order valence-corrected chi connectivity index (χ4v) is 2.41. The minimum Gasteiger partial charge on any atom is -0.354 e. The van der Waals surface area contributed by atoms with Crippen molar-refractivity contribution >= 4 is 11.8 Å². The Kier molecular flexibility index (Phi) is 4.51. The molecule has 1 fully saturated rings.